The zero-order valence-electron chi connectivity index (χ0n) is 11.5. The summed E-state index contributed by atoms with van der Waals surface area (Å²) in [6, 6.07) is 3.35. The first-order chi connectivity index (χ1) is 9.16. The second-order valence-electron chi connectivity index (χ2n) is 4.84. The molecule has 1 aromatic rings. The fraction of sp³-hybridized carbons (Fsp3) is 0.500. The topological polar surface area (TPSA) is 29.1 Å². The van der Waals surface area contributed by atoms with Crippen LogP contribution in [0.4, 0.5) is 13.2 Å². The van der Waals surface area contributed by atoms with Crippen molar-refractivity contribution in [1.29, 1.82) is 0 Å². The fourth-order valence-corrected chi connectivity index (χ4v) is 2.09. The SMILES string of the molecule is CCC(C)C(C)NC(=O)c1ccc(Br)cc1C(F)(F)F. The Labute approximate surface area is 124 Å². The maximum absolute atomic E-state index is 13.0. The highest BCUT2D eigenvalue weighted by Gasteiger charge is 2.35. The molecule has 2 unspecified atom stereocenters. The molecule has 1 amide bonds. The van der Waals surface area contributed by atoms with Crippen molar-refractivity contribution in [2.24, 2.45) is 5.92 Å². The Hall–Kier alpha value is -1.04. The maximum Gasteiger partial charge on any atom is 0.417 e. The van der Waals surface area contributed by atoms with Gasteiger partial charge in [0.25, 0.3) is 5.91 Å². The summed E-state index contributed by atoms with van der Waals surface area (Å²) >= 11 is 2.99. The van der Waals surface area contributed by atoms with Gasteiger partial charge in [-0.3, -0.25) is 4.79 Å². The number of amides is 1. The van der Waals surface area contributed by atoms with Crippen LogP contribution in [0.1, 0.15) is 43.1 Å². The van der Waals surface area contributed by atoms with E-state index in [-0.39, 0.29) is 22.0 Å². The van der Waals surface area contributed by atoms with Crippen molar-refractivity contribution in [3.63, 3.8) is 0 Å². The molecular weight excluding hydrogens is 335 g/mol. The van der Waals surface area contributed by atoms with Crippen molar-refractivity contribution in [2.45, 2.75) is 39.4 Å². The lowest BCUT2D eigenvalue weighted by Gasteiger charge is -2.21. The van der Waals surface area contributed by atoms with Gasteiger partial charge in [0, 0.05) is 10.5 Å². The normalized spacial score (nSPS) is 14.8. The number of halogens is 4. The quantitative estimate of drug-likeness (QED) is 0.841. The Bertz CT molecular complexity index is 488. The van der Waals surface area contributed by atoms with Gasteiger partial charge in [-0.25, -0.2) is 0 Å². The van der Waals surface area contributed by atoms with E-state index in [1.165, 1.54) is 12.1 Å². The van der Waals surface area contributed by atoms with Gasteiger partial charge in [0.15, 0.2) is 0 Å². The van der Waals surface area contributed by atoms with E-state index >= 15 is 0 Å². The highest BCUT2D eigenvalue weighted by Crippen LogP contribution is 2.34. The smallest absolute Gasteiger partial charge is 0.349 e. The number of hydrogen-bond acceptors (Lipinski definition) is 1. The van der Waals surface area contributed by atoms with Crippen molar-refractivity contribution in [3.05, 3.63) is 33.8 Å². The number of hydrogen-bond donors (Lipinski definition) is 1. The van der Waals surface area contributed by atoms with Crippen LogP contribution in [0.15, 0.2) is 22.7 Å². The summed E-state index contributed by atoms with van der Waals surface area (Å²) in [7, 11) is 0. The van der Waals surface area contributed by atoms with Crippen molar-refractivity contribution in [3.8, 4) is 0 Å². The predicted octanol–water partition coefficient (Wildman–Crippen LogP) is 4.63. The third-order valence-corrected chi connectivity index (χ3v) is 3.88. The van der Waals surface area contributed by atoms with Crippen molar-refractivity contribution >= 4 is 21.8 Å². The first-order valence-electron chi connectivity index (χ1n) is 6.34. The lowest BCUT2D eigenvalue weighted by Crippen LogP contribution is -2.37. The standard InChI is InChI=1S/C14H17BrF3NO/c1-4-8(2)9(3)19-13(20)11-6-5-10(15)7-12(11)14(16,17)18/h5-9H,4H2,1-3H3,(H,19,20). The van der Waals surface area contributed by atoms with Gasteiger partial charge in [0.1, 0.15) is 0 Å². The lowest BCUT2D eigenvalue weighted by molar-refractivity contribution is -0.138. The Morgan fingerprint density at radius 2 is 1.95 bits per heavy atom. The summed E-state index contributed by atoms with van der Waals surface area (Å²) in [5, 5.41) is 2.62. The molecule has 1 aromatic carbocycles. The third kappa shape index (κ3) is 4.23. The van der Waals surface area contributed by atoms with Crippen LogP contribution in [0.5, 0.6) is 0 Å². The number of carbonyl (C=O) groups excluding carboxylic acids is 1. The number of benzene rings is 1. The maximum atomic E-state index is 13.0. The minimum Gasteiger partial charge on any atom is -0.349 e. The van der Waals surface area contributed by atoms with Crippen molar-refractivity contribution in [1.82, 2.24) is 5.32 Å². The molecule has 0 aromatic heterocycles. The summed E-state index contributed by atoms with van der Waals surface area (Å²) in [5.74, 6) is -0.499. The molecule has 0 heterocycles. The average Bonchev–Trinajstić information content (AvgIpc) is 2.36. The largest absolute Gasteiger partial charge is 0.417 e. The average molecular weight is 352 g/mol. The molecule has 0 bridgehead atoms. The summed E-state index contributed by atoms with van der Waals surface area (Å²) in [4.78, 5) is 12.0. The molecule has 20 heavy (non-hydrogen) atoms. The summed E-state index contributed by atoms with van der Waals surface area (Å²) < 4.78 is 39.1. The molecule has 0 saturated heterocycles. The van der Waals surface area contributed by atoms with Gasteiger partial charge in [0.2, 0.25) is 0 Å². The van der Waals surface area contributed by atoms with Crippen LogP contribution in [-0.4, -0.2) is 11.9 Å². The van der Waals surface area contributed by atoms with Crippen molar-refractivity contribution in [2.75, 3.05) is 0 Å². The molecule has 0 radical (unpaired) electrons. The Balaban J connectivity index is 3.05. The summed E-state index contributed by atoms with van der Waals surface area (Å²) in [5.41, 5.74) is -1.28. The second kappa shape index (κ2) is 6.61. The molecule has 112 valence electrons. The van der Waals surface area contributed by atoms with Crippen LogP contribution in [0.25, 0.3) is 0 Å². The molecule has 2 atom stereocenters. The summed E-state index contributed by atoms with van der Waals surface area (Å²) in [6.07, 6.45) is -3.72. The van der Waals surface area contributed by atoms with Crippen LogP contribution < -0.4 is 5.32 Å². The van der Waals surface area contributed by atoms with E-state index in [1.54, 1.807) is 6.92 Å². The van der Waals surface area contributed by atoms with E-state index in [2.05, 4.69) is 21.2 Å². The Morgan fingerprint density at radius 3 is 2.45 bits per heavy atom. The zero-order chi connectivity index (χ0) is 15.5. The molecule has 0 aliphatic carbocycles. The monoisotopic (exact) mass is 351 g/mol. The molecule has 1 N–H and O–H groups in total. The van der Waals surface area contributed by atoms with Crippen LogP contribution in [0.2, 0.25) is 0 Å². The first-order valence-corrected chi connectivity index (χ1v) is 7.13. The van der Waals surface area contributed by atoms with Crippen LogP contribution in [0, 0.1) is 5.92 Å². The van der Waals surface area contributed by atoms with Gasteiger partial charge < -0.3 is 5.32 Å². The third-order valence-electron chi connectivity index (χ3n) is 3.39. The number of carbonyl (C=O) groups is 1. The second-order valence-corrected chi connectivity index (χ2v) is 5.75. The van der Waals surface area contributed by atoms with Crippen LogP contribution in [-0.2, 0) is 6.18 Å². The van der Waals surface area contributed by atoms with E-state index in [9.17, 15) is 18.0 Å². The van der Waals surface area contributed by atoms with E-state index < -0.39 is 17.6 Å². The molecule has 0 aliphatic heterocycles. The molecule has 0 saturated carbocycles. The predicted molar refractivity (Wildman–Crippen MR) is 75.5 cm³/mol. The molecule has 0 spiro atoms. The molecule has 6 heteroatoms. The lowest BCUT2D eigenvalue weighted by atomic mass is 9.99. The zero-order valence-corrected chi connectivity index (χ0v) is 13.1. The van der Waals surface area contributed by atoms with E-state index in [1.807, 2.05) is 13.8 Å². The number of nitrogens with one attached hydrogen (secondary N) is 1. The fourth-order valence-electron chi connectivity index (χ4n) is 1.73. The molecular formula is C14H17BrF3NO. The minimum atomic E-state index is -4.56. The van der Waals surface area contributed by atoms with E-state index in [0.717, 1.165) is 12.5 Å². The van der Waals surface area contributed by atoms with Gasteiger partial charge in [0.05, 0.1) is 11.1 Å². The number of rotatable bonds is 4. The molecule has 0 aliphatic rings. The van der Waals surface area contributed by atoms with Crippen molar-refractivity contribution < 1.29 is 18.0 Å². The van der Waals surface area contributed by atoms with Crippen LogP contribution in [0.3, 0.4) is 0 Å². The van der Waals surface area contributed by atoms with Gasteiger partial charge in [-0.2, -0.15) is 13.2 Å². The molecule has 1 rings (SSSR count). The van der Waals surface area contributed by atoms with Crippen LogP contribution >= 0.6 is 15.9 Å². The van der Waals surface area contributed by atoms with Gasteiger partial charge in [-0.1, -0.05) is 36.2 Å². The Morgan fingerprint density at radius 1 is 1.35 bits per heavy atom. The van der Waals surface area contributed by atoms with E-state index in [0.29, 0.717) is 0 Å². The van der Waals surface area contributed by atoms with Gasteiger partial charge >= 0.3 is 6.18 Å². The minimum absolute atomic E-state index is 0.183. The highest BCUT2D eigenvalue weighted by atomic mass is 79.9. The molecule has 0 fully saturated rings. The number of alkyl halides is 3. The van der Waals surface area contributed by atoms with Gasteiger partial charge in [-0.05, 0) is 31.0 Å². The molecule has 2 nitrogen and oxygen atoms in total. The highest BCUT2D eigenvalue weighted by molar-refractivity contribution is 9.10. The first kappa shape index (κ1) is 17.0. The van der Waals surface area contributed by atoms with Gasteiger partial charge in [-0.15, -0.1) is 0 Å². The Kier molecular flexibility index (Phi) is 5.62. The summed E-state index contributed by atoms with van der Waals surface area (Å²) in [6.45, 7) is 5.70. The van der Waals surface area contributed by atoms with E-state index in [4.69, 9.17) is 0 Å².